The second-order valence-electron chi connectivity index (χ2n) is 3.95. The molecule has 1 nitrogen and oxygen atoms in total. The zero-order valence-corrected chi connectivity index (χ0v) is 12.2. The standard InChI is InChI=1S/C14H12BrClFN/c1-18(12-4-2-3-11(17)7-12)13-6-5-10(9-15)14(16)8-13/h2-8H,9H2,1H3. The minimum Gasteiger partial charge on any atom is -0.344 e. The van der Waals surface area contributed by atoms with E-state index in [9.17, 15) is 4.39 Å². The Morgan fingerprint density at radius 2 is 1.89 bits per heavy atom. The first kappa shape index (κ1) is 13.4. The van der Waals surface area contributed by atoms with Gasteiger partial charge in [0.15, 0.2) is 0 Å². The summed E-state index contributed by atoms with van der Waals surface area (Å²) in [7, 11) is 1.88. The summed E-state index contributed by atoms with van der Waals surface area (Å²) in [6, 6.07) is 12.3. The van der Waals surface area contributed by atoms with Crippen molar-refractivity contribution in [2.45, 2.75) is 5.33 Å². The van der Waals surface area contributed by atoms with Crippen LogP contribution in [0.25, 0.3) is 0 Å². The lowest BCUT2D eigenvalue weighted by atomic mass is 10.2. The van der Waals surface area contributed by atoms with E-state index in [4.69, 9.17) is 11.6 Å². The van der Waals surface area contributed by atoms with E-state index in [1.165, 1.54) is 12.1 Å². The van der Waals surface area contributed by atoms with Gasteiger partial charge >= 0.3 is 0 Å². The van der Waals surface area contributed by atoms with Crippen molar-refractivity contribution >= 4 is 38.9 Å². The van der Waals surface area contributed by atoms with Crippen molar-refractivity contribution in [1.82, 2.24) is 0 Å². The molecule has 94 valence electrons. The topological polar surface area (TPSA) is 3.24 Å². The molecule has 0 aliphatic heterocycles. The summed E-state index contributed by atoms with van der Waals surface area (Å²) >= 11 is 9.54. The first-order chi connectivity index (χ1) is 8.61. The van der Waals surface area contributed by atoms with E-state index < -0.39 is 0 Å². The van der Waals surface area contributed by atoms with Gasteiger partial charge in [0, 0.05) is 28.8 Å². The van der Waals surface area contributed by atoms with Crippen molar-refractivity contribution in [1.29, 1.82) is 0 Å². The maximum absolute atomic E-state index is 13.2. The van der Waals surface area contributed by atoms with Crippen LogP contribution in [0.2, 0.25) is 5.02 Å². The molecule has 0 N–H and O–H groups in total. The predicted molar refractivity (Wildman–Crippen MR) is 78.5 cm³/mol. The number of hydrogen-bond donors (Lipinski definition) is 0. The molecule has 0 bridgehead atoms. The lowest BCUT2D eigenvalue weighted by Crippen LogP contribution is -2.09. The Morgan fingerprint density at radius 3 is 2.50 bits per heavy atom. The average molecular weight is 329 g/mol. The third-order valence-electron chi connectivity index (χ3n) is 2.76. The maximum atomic E-state index is 13.2. The lowest BCUT2D eigenvalue weighted by molar-refractivity contribution is 0.628. The Hall–Kier alpha value is -1.06. The van der Waals surface area contributed by atoms with Crippen LogP contribution >= 0.6 is 27.5 Å². The molecule has 0 aliphatic rings. The largest absolute Gasteiger partial charge is 0.344 e. The molecule has 0 amide bonds. The number of hydrogen-bond acceptors (Lipinski definition) is 1. The molecule has 0 aliphatic carbocycles. The van der Waals surface area contributed by atoms with Gasteiger partial charge in [-0.05, 0) is 35.9 Å². The maximum Gasteiger partial charge on any atom is 0.125 e. The molecule has 0 saturated heterocycles. The van der Waals surface area contributed by atoms with Crippen LogP contribution in [0.4, 0.5) is 15.8 Å². The summed E-state index contributed by atoms with van der Waals surface area (Å²) in [6.07, 6.45) is 0. The van der Waals surface area contributed by atoms with Crippen LogP contribution in [-0.2, 0) is 5.33 Å². The highest BCUT2D eigenvalue weighted by Crippen LogP contribution is 2.29. The summed E-state index contributed by atoms with van der Waals surface area (Å²) in [6.45, 7) is 0. The molecular formula is C14H12BrClFN. The second kappa shape index (κ2) is 5.72. The summed E-state index contributed by atoms with van der Waals surface area (Å²) < 4.78 is 13.2. The molecule has 0 spiro atoms. The Morgan fingerprint density at radius 1 is 1.17 bits per heavy atom. The number of halogens is 3. The minimum absolute atomic E-state index is 0.248. The van der Waals surface area contributed by atoms with Gasteiger partial charge in [-0.2, -0.15) is 0 Å². The van der Waals surface area contributed by atoms with E-state index in [2.05, 4.69) is 15.9 Å². The Balaban J connectivity index is 2.34. The summed E-state index contributed by atoms with van der Waals surface area (Å²) in [5, 5.41) is 1.42. The van der Waals surface area contributed by atoms with E-state index in [0.717, 1.165) is 22.3 Å². The van der Waals surface area contributed by atoms with Crippen LogP contribution in [0.15, 0.2) is 42.5 Å². The van der Waals surface area contributed by atoms with Crippen LogP contribution in [0, 0.1) is 5.82 Å². The van der Waals surface area contributed by atoms with E-state index >= 15 is 0 Å². The molecule has 0 saturated carbocycles. The molecule has 4 heteroatoms. The quantitative estimate of drug-likeness (QED) is 0.705. The first-order valence-corrected chi connectivity index (χ1v) is 6.95. The number of benzene rings is 2. The molecule has 0 fully saturated rings. The Labute approximate surface area is 119 Å². The molecular weight excluding hydrogens is 317 g/mol. The van der Waals surface area contributed by atoms with E-state index in [-0.39, 0.29) is 5.82 Å². The fourth-order valence-electron chi connectivity index (χ4n) is 1.69. The molecule has 2 rings (SSSR count). The zero-order chi connectivity index (χ0) is 13.1. The second-order valence-corrected chi connectivity index (χ2v) is 4.92. The monoisotopic (exact) mass is 327 g/mol. The van der Waals surface area contributed by atoms with Crippen molar-refractivity contribution in [2.24, 2.45) is 0 Å². The van der Waals surface area contributed by atoms with Gasteiger partial charge in [-0.15, -0.1) is 0 Å². The molecule has 2 aromatic carbocycles. The van der Waals surface area contributed by atoms with Crippen molar-refractivity contribution in [3.63, 3.8) is 0 Å². The number of nitrogens with zero attached hydrogens (tertiary/aromatic N) is 1. The predicted octanol–water partition coefficient (Wildman–Crippen LogP) is 5.14. The number of anilines is 2. The van der Waals surface area contributed by atoms with Crippen LogP contribution in [0.5, 0.6) is 0 Å². The fourth-order valence-corrected chi connectivity index (χ4v) is 2.58. The summed E-state index contributed by atoms with van der Waals surface area (Å²) in [4.78, 5) is 1.90. The van der Waals surface area contributed by atoms with E-state index in [0.29, 0.717) is 5.02 Å². The van der Waals surface area contributed by atoms with Crippen LogP contribution in [0.3, 0.4) is 0 Å². The van der Waals surface area contributed by atoms with Gasteiger partial charge < -0.3 is 4.90 Å². The molecule has 18 heavy (non-hydrogen) atoms. The van der Waals surface area contributed by atoms with Crippen LogP contribution in [-0.4, -0.2) is 7.05 Å². The third-order valence-corrected chi connectivity index (χ3v) is 3.72. The van der Waals surface area contributed by atoms with Gasteiger partial charge in [0.1, 0.15) is 5.82 Å². The third kappa shape index (κ3) is 2.85. The Bertz CT molecular complexity index is 559. The van der Waals surface area contributed by atoms with Gasteiger partial charge in [-0.3, -0.25) is 0 Å². The normalized spacial score (nSPS) is 10.4. The smallest absolute Gasteiger partial charge is 0.125 e. The molecule has 2 aromatic rings. The Kier molecular flexibility index (Phi) is 4.25. The molecule has 0 radical (unpaired) electrons. The van der Waals surface area contributed by atoms with Crippen LogP contribution in [0.1, 0.15) is 5.56 Å². The highest BCUT2D eigenvalue weighted by molar-refractivity contribution is 9.08. The average Bonchev–Trinajstić information content (AvgIpc) is 2.37. The van der Waals surface area contributed by atoms with Gasteiger partial charge in [0.05, 0.1) is 0 Å². The van der Waals surface area contributed by atoms with Crippen molar-refractivity contribution in [3.8, 4) is 0 Å². The molecule has 0 aromatic heterocycles. The van der Waals surface area contributed by atoms with E-state index in [1.54, 1.807) is 6.07 Å². The zero-order valence-electron chi connectivity index (χ0n) is 9.83. The van der Waals surface area contributed by atoms with Crippen molar-refractivity contribution in [3.05, 3.63) is 58.9 Å². The SMILES string of the molecule is CN(c1cccc(F)c1)c1ccc(CBr)c(Cl)c1. The van der Waals surface area contributed by atoms with Gasteiger partial charge in [0.25, 0.3) is 0 Å². The van der Waals surface area contributed by atoms with E-state index in [1.807, 2.05) is 36.2 Å². The van der Waals surface area contributed by atoms with Crippen molar-refractivity contribution in [2.75, 3.05) is 11.9 Å². The van der Waals surface area contributed by atoms with Crippen LogP contribution < -0.4 is 4.90 Å². The molecule has 0 atom stereocenters. The fraction of sp³-hybridized carbons (Fsp3) is 0.143. The summed E-state index contributed by atoms with van der Waals surface area (Å²) in [5.74, 6) is -0.248. The minimum atomic E-state index is -0.248. The van der Waals surface area contributed by atoms with Gasteiger partial charge in [0.2, 0.25) is 0 Å². The highest BCUT2D eigenvalue weighted by atomic mass is 79.9. The number of rotatable bonds is 3. The van der Waals surface area contributed by atoms with Gasteiger partial charge in [-0.1, -0.05) is 39.7 Å². The summed E-state index contributed by atoms with van der Waals surface area (Å²) in [5.41, 5.74) is 2.75. The lowest BCUT2D eigenvalue weighted by Gasteiger charge is -2.20. The number of alkyl halides is 1. The van der Waals surface area contributed by atoms with Crippen molar-refractivity contribution < 1.29 is 4.39 Å². The highest BCUT2D eigenvalue weighted by Gasteiger charge is 2.07. The first-order valence-electron chi connectivity index (χ1n) is 5.45. The molecule has 0 unspecified atom stereocenters. The molecule has 0 heterocycles. The van der Waals surface area contributed by atoms with Gasteiger partial charge in [-0.25, -0.2) is 4.39 Å².